The van der Waals surface area contributed by atoms with E-state index in [0.717, 1.165) is 36.2 Å². The van der Waals surface area contributed by atoms with E-state index in [4.69, 9.17) is 4.74 Å². The Kier molecular flexibility index (Phi) is 5.24. The molecule has 0 amide bonds. The Morgan fingerprint density at radius 2 is 2.19 bits per heavy atom. The molecule has 0 aromatic heterocycles. The van der Waals surface area contributed by atoms with Crippen molar-refractivity contribution in [1.29, 1.82) is 0 Å². The maximum atomic E-state index is 12.6. The smallest absolute Gasteiger partial charge is 0.241 e. The summed E-state index contributed by atoms with van der Waals surface area (Å²) < 4.78 is 33.0. The number of rotatable bonds is 6. The lowest BCUT2D eigenvalue weighted by atomic mass is 10.00. The summed E-state index contributed by atoms with van der Waals surface area (Å²) >= 11 is 0. The van der Waals surface area contributed by atoms with Crippen LogP contribution in [0.3, 0.4) is 0 Å². The molecule has 1 aliphatic heterocycles. The fraction of sp³-hybridized carbons (Fsp3) is 0.600. The largest absolute Gasteiger partial charge is 0.385 e. The van der Waals surface area contributed by atoms with Gasteiger partial charge in [-0.3, -0.25) is 0 Å². The van der Waals surface area contributed by atoms with Crippen molar-refractivity contribution in [2.45, 2.75) is 44.0 Å². The molecule has 0 spiro atoms. The van der Waals surface area contributed by atoms with Crippen LogP contribution in [0.15, 0.2) is 17.0 Å². The summed E-state index contributed by atoms with van der Waals surface area (Å²) in [5.41, 5.74) is 2.98. The number of aryl methyl sites for hydroxylation is 1. The molecule has 1 aliphatic rings. The first kappa shape index (κ1) is 16.3. The molecule has 0 bridgehead atoms. The van der Waals surface area contributed by atoms with Crippen molar-refractivity contribution >= 4 is 15.7 Å². The maximum Gasteiger partial charge on any atom is 0.241 e. The summed E-state index contributed by atoms with van der Waals surface area (Å²) in [5, 5.41) is 3.32. The van der Waals surface area contributed by atoms with Crippen LogP contribution in [0.1, 0.15) is 30.9 Å². The van der Waals surface area contributed by atoms with Gasteiger partial charge >= 0.3 is 0 Å². The van der Waals surface area contributed by atoms with Crippen LogP contribution in [-0.4, -0.2) is 34.7 Å². The van der Waals surface area contributed by atoms with Gasteiger partial charge in [0.2, 0.25) is 10.0 Å². The number of ether oxygens (including phenoxy) is 1. The molecule has 1 heterocycles. The monoisotopic (exact) mass is 312 g/mol. The van der Waals surface area contributed by atoms with Crippen molar-refractivity contribution in [3.63, 3.8) is 0 Å². The molecule has 2 N–H and O–H groups in total. The van der Waals surface area contributed by atoms with Gasteiger partial charge in [-0.2, -0.15) is 0 Å². The third kappa shape index (κ3) is 3.75. The number of anilines is 1. The number of methoxy groups -OCH3 is 1. The van der Waals surface area contributed by atoms with Crippen molar-refractivity contribution in [3.05, 3.63) is 23.3 Å². The van der Waals surface area contributed by atoms with E-state index in [0.29, 0.717) is 17.9 Å². The average molecular weight is 312 g/mol. The lowest BCUT2D eigenvalue weighted by Crippen LogP contribution is -2.34. The number of nitrogens with one attached hydrogen (secondary N) is 2. The van der Waals surface area contributed by atoms with Gasteiger partial charge in [-0.15, -0.1) is 0 Å². The van der Waals surface area contributed by atoms with Gasteiger partial charge in [0.05, 0.1) is 4.90 Å². The summed E-state index contributed by atoms with van der Waals surface area (Å²) in [7, 11) is -1.88. The Balaban J connectivity index is 2.28. The molecule has 1 aromatic carbocycles. The highest BCUT2D eigenvalue weighted by Gasteiger charge is 2.24. The molecule has 0 fully saturated rings. The molecule has 1 aromatic rings. The summed E-state index contributed by atoms with van der Waals surface area (Å²) in [6.45, 7) is 5.30. The number of sulfonamides is 1. The molecule has 5 nitrogen and oxygen atoms in total. The van der Waals surface area contributed by atoms with E-state index in [1.165, 1.54) is 0 Å². The molecule has 2 rings (SSSR count). The van der Waals surface area contributed by atoms with E-state index in [2.05, 4.69) is 10.0 Å². The van der Waals surface area contributed by atoms with Crippen LogP contribution in [0.4, 0.5) is 5.69 Å². The fourth-order valence-corrected chi connectivity index (χ4v) is 4.20. The Bertz CT molecular complexity index is 599. The SMILES string of the molecule is COCCC(C)NS(=O)(=O)c1ccc(C)c2c1CCCN2. The first-order valence-electron chi connectivity index (χ1n) is 7.33. The van der Waals surface area contributed by atoms with E-state index in [1.54, 1.807) is 13.2 Å². The lowest BCUT2D eigenvalue weighted by molar-refractivity contribution is 0.188. The highest BCUT2D eigenvalue weighted by molar-refractivity contribution is 7.89. The summed E-state index contributed by atoms with van der Waals surface area (Å²) in [5.74, 6) is 0. The molecule has 0 aliphatic carbocycles. The third-order valence-electron chi connectivity index (χ3n) is 3.78. The minimum atomic E-state index is -3.49. The molecule has 0 radical (unpaired) electrons. The molecule has 0 saturated heterocycles. The highest BCUT2D eigenvalue weighted by atomic mass is 32.2. The van der Waals surface area contributed by atoms with E-state index >= 15 is 0 Å². The Hall–Kier alpha value is -1.11. The van der Waals surface area contributed by atoms with Gasteiger partial charge in [-0.1, -0.05) is 6.07 Å². The second-order valence-electron chi connectivity index (χ2n) is 5.57. The summed E-state index contributed by atoms with van der Waals surface area (Å²) in [4.78, 5) is 0.402. The van der Waals surface area contributed by atoms with Gasteiger partial charge in [0, 0.05) is 32.0 Å². The van der Waals surface area contributed by atoms with Crippen LogP contribution in [0.25, 0.3) is 0 Å². The van der Waals surface area contributed by atoms with Gasteiger partial charge in [0.1, 0.15) is 0 Å². The molecular weight excluding hydrogens is 288 g/mol. The fourth-order valence-electron chi connectivity index (χ4n) is 2.65. The Morgan fingerprint density at radius 3 is 2.90 bits per heavy atom. The zero-order chi connectivity index (χ0) is 15.5. The van der Waals surface area contributed by atoms with Crippen molar-refractivity contribution in [2.24, 2.45) is 0 Å². The predicted octanol–water partition coefficient (Wildman–Crippen LogP) is 2.06. The van der Waals surface area contributed by atoms with E-state index < -0.39 is 10.0 Å². The van der Waals surface area contributed by atoms with Crippen molar-refractivity contribution < 1.29 is 13.2 Å². The van der Waals surface area contributed by atoms with E-state index in [9.17, 15) is 8.42 Å². The Labute approximate surface area is 127 Å². The van der Waals surface area contributed by atoms with Gasteiger partial charge in [0.25, 0.3) is 0 Å². The predicted molar refractivity (Wildman–Crippen MR) is 84.3 cm³/mol. The minimum Gasteiger partial charge on any atom is -0.385 e. The zero-order valence-corrected chi connectivity index (χ0v) is 13.7. The number of hydrogen-bond acceptors (Lipinski definition) is 4. The van der Waals surface area contributed by atoms with Gasteiger partial charge < -0.3 is 10.1 Å². The topological polar surface area (TPSA) is 67.4 Å². The van der Waals surface area contributed by atoms with Crippen molar-refractivity contribution in [2.75, 3.05) is 25.6 Å². The van der Waals surface area contributed by atoms with Crippen LogP contribution in [-0.2, 0) is 21.2 Å². The second-order valence-corrected chi connectivity index (χ2v) is 7.25. The lowest BCUT2D eigenvalue weighted by Gasteiger charge is -2.24. The van der Waals surface area contributed by atoms with E-state index in [1.807, 2.05) is 19.9 Å². The number of benzene rings is 1. The molecular formula is C15H24N2O3S. The van der Waals surface area contributed by atoms with Crippen LogP contribution in [0.2, 0.25) is 0 Å². The number of hydrogen-bond donors (Lipinski definition) is 2. The molecule has 1 atom stereocenters. The van der Waals surface area contributed by atoms with Crippen LogP contribution < -0.4 is 10.0 Å². The quantitative estimate of drug-likeness (QED) is 0.844. The second kappa shape index (κ2) is 6.77. The normalized spacial score (nSPS) is 16.1. The van der Waals surface area contributed by atoms with E-state index in [-0.39, 0.29) is 6.04 Å². The first-order chi connectivity index (χ1) is 9.95. The average Bonchev–Trinajstić information content (AvgIpc) is 2.45. The number of fused-ring (bicyclic) bond motifs is 1. The molecule has 1 unspecified atom stereocenters. The third-order valence-corrected chi connectivity index (χ3v) is 5.46. The molecule has 0 saturated carbocycles. The first-order valence-corrected chi connectivity index (χ1v) is 8.81. The summed E-state index contributed by atoms with van der Waals surface area (Å²) in [6.07, 6.45) is 2.41. The molecule has 6 heteroatoms. The van der Waals surface area contributed by atoms with Gasteiger partial charge in [-0.25, -0.2) is 13.1 Å². The minimum absolute atomic E-state index is 0.150. The summed E-state index contributed by atoms with van der Waals surface area (Å²) in [6, 6.07) is 3.43. The zero-order valence-electron chi connectivity index (χ0n) is 12.9. The van der Waals surface area contributed by atoms with Crippen molar-refractivity contribution in [1.82, 2.24) is 4.72 Å². The molecule has 21 heavy (non-hydrogen) atoms. The van der Waals surface area contributed by atoms with Crippen molar-refractivity contribution in [3.8, 4) is 0 Å². The van der Waals surface area contributed by atoms with Crippen LogP contribution >= 0.6 is 0 Å². The highest BCUT2D eigenvalue weighted by Crippen LogP contribution is 2.31. The Morgan fingerprint density at radius 1 is 1.43 bits per heavy atom. The van der Waals surface area contributed by atoms with Gasteiger partial charge in [-0.05, 0) is 50.3 Å². The van der Waals surface area contributed by atoms with Gasteiger partial charge in [0.15, 0.2) is 0 Å². The van der Waals surface area contributed by atoms with Crippen LogP contribution in [0.5, 0.6) is 0 Å². The van der Waals surface area contributed by atoms with Crippen LogP contribution in [0, 0.1) is 6.92 Å². The molecule has 118 valence electrons. The standard InChI is InChI=1S/C15H24N2O3S/c1-11-6-7-14(13-5-4-9-16-15(11)13)21(18,19)17-12(2)8-10-20-3/h6-7,12,16-17H,4-5,8-10H2,1-3H3. The maximum absolute atomic E-state index is 12.6.